The molecule has 0 unspecified atom stereocenters. The van der Waals surface area contributed by atoms with Crippen LogP contribution in [0.5, 0.6) is 0 Å². The average Bonchev–Trinajstić information content (AvgIpc) is 3.38. The van der Waals surface area contributed by atoms with Gasteiger partial charge in [-0.2, -0.15) is 5.10 Å². The molecular weight excluding hydrogens is 457 g/mol. The molecule has 0 aliphatic carbocycles. The number of likely N-dealkylation sites (tertiary alicyclic amines) is 1. The van der Waals surface area contributed by atoms with Gasteiger partial charge in [0.2, 0.25) is 0 Å². The van der Waals surface area contributed by atoms with Crippen LogP contribution in [-0.2, 0) is 24.2 Å². The normalized spacial score (nSPS) is 18.8. The molecule has 2 aliphatic rings. The van der Waals surface area contributed by atoms with Crippen molar-refractivity contribution in [3.05, 3.63) is 70.3 Å². The van der Waals surface area contributed by atoms with E-state index in [-0.39, 0.29) is 18.3 Å². The Labute approximate surface area is 203 Å². The number of ether oxygens (including phenoxy) is 1. The number of carbonyl (C=O) groups is 1. The van der Waals surface area contributed by atoms with Gasteiger partial charge in [-0.3, -0.25) is 9.48 Å². The third-order valence-electron chi connectivity index (χ3n) is 6.86. The van der Waals surface area contributed by atoms with Crippen LogP contribution in [0.15, 0.2) is 36.8 Å². The summed E-state index contributed by atoms with van der Waals surface area (Å²) in [5, 5.41) is 4.83. The highest BCUT2D eigenvalue weighted by Gasteiger charge is 2.28. The zero-order valence-corrected chi connectivity index (χ0v) is 20.0. The second-order valence-corrected chi connectivity index (χ2v) is 9.75. The topological polar surface area (TPSA) is 65.2 Å². The minimum atomic E-state index is -0.378. The molecule has 34 heavy (non-hydrogen) atoms. The van der Waals surface area contributed by atoms with E-state index in [9.17, 15) is 9.18 Å². The third-order valence-corrected chi connectivity index (χ3v) is 7.10. The summed E-state index contributed by atoms with van der Waals surface area (Å²) in [5.74, 6) is 1.16. The van der Waals surface area contributed by atoms with Crippen molar-refractivity contribution in [1.29, 1.82) is 0 Å². The maximum absolute atomic E-state index is 14.2. The first-order chi connectivity index (χ1) is 16.5. The molecule has 1 atom stereocenters. The Morgan fingerprint density at radius 1 is 1.26 bits per heavy atom. The second kappa shape index (κ2) is 9.88. The van der Waals surface area contributed by atoms with Gasteiger partial charge < -0.3 is 14.2 Å². The number of hydrogen-bond acceptors (Lipinski definition) is 4. The van der Waals surface area contributed by atoms with Gasteiger partial charge in [-0.25, -0.2) is 9.37 Å². The highest BCUT2D eigenvalue weighted by Crippen LogP contribution is 2.24. The number of rotatable bonds is 7. The first kappa shape index (κ1) is 23.1. The van der Waals surface area contributed by atoms with E-state index in [2.05, 4.69) is 14.6 Å². The molecule has 2 saturated heterocycles. The first-order valence-corrected chi connectivity index (χ1v) is 12.2. The lowest BCUT2D eigenvalue weighted by molar-refractivity contribution is -0.0596. The van der Waals surface area contributed by atoms with Crippen LogP contribution in [-0.4, -0.2) is 55.9 Å². The summed E-state index contributed by atoms with van der Waals surface area (Å²) in [4.78, 5) is 19.6. The lowest BCUT2D eigenvalue weighted by Crippen LogP contribution is -2.39. The number of imidazole rings is 1. The predicted octanol–water partition coefficient (Wildman–Crippen LogP) is 4.11. The Bertz CT molecular complexity index is 1160. The van der Waals surface area contributed by atoms with Gasteiger partial charge in [0.15, 0.2) is 5.69 Å². The summed E-state index contributed by atoms with van der Waals surface area (Å²) in [6, 6.07) is 4.59. The fraction of sp³-hybridized carbons (Fsp3) is 0.480. The molecule has 0 bridgehead atoms. The number of aryl methyl sites for hydroxylation is 1. The number of nitrogens with zero attached hydrogens (tertiary/aromatic N) is 5. The largest absolute Gasteiger partial charge is 0.376 e. The fourth-order valence-electron chi connectivity index (χ4n) is 4.73. The smallest absolute Gasteiger partial charge is 0.274 e. The second-order valence-electron chi connectivity index (χ2n) is 9.31. The monoisotopic (exact) mass is 485 g/mol. The lowest BCUT2D eigenvalue weighted by Gasteiger charge is -2.32. The highest BCUT2D eigenvalue weighted by atomic mass is 35.5. The van der Waals surface area contributed by atoms with Gasteiger partial charge in [-0.05, 0) is 44.2 Å². The Kier molecular flexibility index (Phi) is 6.70. The van der Waals surface area contributed by atoms with Crippen molar-refractivity contribution in [2.45, 2.75) is 51.8 Å². The zero-order chi connectivity index (χ0) is 23.7. The van der Waals surface area contributed by atoms with Crippen LogP contribution in [0.1, 0.15) is 46.7 Å². The van der Waals surface area contributed by atoms with Crippen molar-refractivity contribution in [2.75, 3.05) is 19.7 Å². The molecule has 2 aliphatic heterocycles. The molecule has 5 rings (SSSR count). The molecule has 180 valence electrons. The van der Waals surface area contributed by atoms with Crippen LogP contribution in [0.25, 0.3) is 0 Å². The molecule has 2 aromatic heterocycles. The number of halogens is 2. The first-order valence-electron chi connectivity index (χ1n) is 11.8. The van der Waals surface area contributed by atoms with E-state index in [4.69, 9.17) is 16.3 Å². The Morgan fingerprint density at radius 2 is 2.06 bits per heavy atom. The van der Waals surface area contributed by atoms with Gasteiger partial charge >= 0.3 is 0 Å². The number of amides is 1. The van der Waals surface area contributed by atoms with Crippen molar-refractivity contribution in [3.8, 4) is 0 Å². The van der Waals surface area contributed by atoms with Crippen LogP contribution in [0.2, 0.25) is 5.02 Å². The van der Waals surface area contributed by atoms with Crippen molar-refractivity contribution >= 4 is 17.5 Å². The summed E-state index contributed by atoms with van der Waals surface area (Å²) >= 11 is 5.84. The number of carbonyl (C=O) groups excluding carboxylic acids is 1. The SMILES string of the molecule is Cc1cn(Cc2ccc(Cl)cc2F)nc1C(=O)N1CCC(Cc2nccn2C[C@@H]2CCO2)CC1. The fourth-order valence-corrected chi connectivity index (χ4v) is 4.89. The number of aromatic nitrogens is 4. The molecule has 0 radical (unpaired) electrons. The molecule has 4 heterocycles. The molecular formula is C25H29ClFN5O2. The Hall–Kier alpha value is -2.71. The van der Waals surface area contributed by atoms with Gasteiger partial charge in [0.25, 0.3) is 5.91 Å². The molecule has 0 N–H and O–H groups in total. The maximum Gasteiger partial charge on any atom is 0.274 e. The van der Waals surface area contributed by atoms with Gasteiger partial charge in [0, 0.05) is 60.9 Å². The lowest BCUT2D eigenvalue weighted by atomic mass is 9.93. The minimum Gasteiger partial charge on any atom is -0.376 e. The molecule has 0 spiro atoms. The van der Waals surface area contributed by atoms with E-state index in [0.717, 1.165) is 50.2 Å². The Morgan fingerprint density at radius 3 is 2.76 bits per heavy atom. The average molecular weight is 486 g/mol. The molecule has 0 saturated carbocycles. The van der Waals surface area contributed by atoms with Crippen molar-refractivity contribution < 1.29 is 13.9 Å². The standard InChI is InChI=1S/C25H29ClFN5O2/c1-17-14-32(15-19-2-3-20(26)13-22(19)27)29-24(17)25(33)30-8-4-18(5-9-30)12-23-28-7-10-31(23)16-21-6-11-34-21/h2-3,7,10,13-14,18,21H,4-6,8-9,11-12,15-16H2,1H3/t21-/m0/s1. The van der Waals surface area contributed by atoms with E-state index in [0.29, 0.717) is 41.4 Å². The summed E-state index contributed by atoms with van der Waals surface area (Å²) in [6.07, 6.45) is 9.91. The maximum atomic E-state index is 14.2. The molecule has 1 aromatic carbocycles. The summed E-state index contributed by atoms with van der Waals surface area (Å²) in [6.45, 7) is 5.25. The van der Waals surface area contributed by atoms with E-state index in [1.54, 1.807) is 23.0 Å². The van der Waals surface area contributed by atoms with Crippen LogP contribution < -0.4 is 0 Å². The summed E-state index contributed by atoms with van der Waals surface area (Å²) in [5.41, 5.74) is 1.71. The quantitative estimate of drug-likeness (QED) is 0.505. The summed E-state index contributed by atoms with van der Waals surface area (Å²) < 4.78 is 23.6. The van der Waals surface area contributed by atoms with E-state index >= 15 is 0 Å². The minimum absolute atomic E-state index is 0.0603. The molecule has 7 nitrogen and oxygen atoms in total. The molecule has 3 aromatic rings. The molecule has 2 fully saturated rings. The number of piperidine rings is 1. The van der Waals surface area contributed by atoms with Crippen molar-refractivity contribution in [3.63, 3.8) is 0 Å². The van der Waals surface area contributed by atoms with E-state index in [1.807, 2.05) is 24.2 Å². The van der Waals surface area contributed by atoms with Crippen molar-refractivity contribution in [2.24, 2.45) is 5.92 Å². The zero-order valence-electron chi connectivity index (χ0n) is 19.3. The van der Waals surface area contributed by atoms with E-state index < -0.39 is 0 Å². The molecule has 1 amide bonds. The number of hydrogen-bond donors (Lipinski definition) is 0. The number of benzene rings is 1. The summed E-state index contributed by atoms with van der Waals surface area (Å²) in [7, 11) is 0. The van der Waals surface area contributed by atoms with Crippen LogP contribution in [0, 0.1) is 18.7 Å². The van der Waals surface area contributed by atoms with Crippen LogP contribution in [0.3, 0.4) is 0 Å². The van der Waals surface area contributed by atoms with Gasteiger partial charge in [0.1, 0.15) is 11.6 Å². The van der Waals surface area contributed by atoms with Gasteiger partial charge in [-0.1, -0.05) is 17.7 Å². The van der Waals surface area contributed by atoms with Crippen molar-refractivity contribution in [1.82, 2.24) is 24.2 Å². The van der Waals surface area contributed by atoms with Crippen LogP contribution in [0.4, 0.5) is 4.39 Å². The predicted molar refractivity (Wildman–Crippen MR) is 126 cm³/mol. The van der Waals surface area contributed by atoms with Gasteiger partial charge in [-0.15, -0.1) is 0 Å². The Balaban J connectivity index is 1.17. The molecule has 9 heteroatoms. The third kappa shape index (κ3) is 5.03. The highest BCUT2D eigenvalue weighted by molar-refractivity contribution is 6.30. The van der Waals surface area contributed by atoms with E-state index in [1.165, 1.54) is 6.07 Å². The van der Waals surface area contributed by atoms with Gasteiger partial charge in [0.05, 0.1) is 19.2 Å². The van der Waals surface area contributed by atoms with Crippen LogP contribution >= 0.6 is 11.6 Å².